The zero-order chi connectivity index (χ0) is 10.7. The van der Waals surface area contributed by atoms with Crippen molar-refractivity contribution >= 4 is 5.84 Å². The average Bonchev–Trinajstić information content (AvgIpc) is 3.10. The SMILES string of the molecule is N/C(=N\O)c1ccc(OCC2CC2)nc1. The van der Waals surface area contributed by atoms with Gasteiger partial charge in [0.15, 0.2) is 5.84 Å². The lowest BCUT2D eigenvalue weighted by molar-refractivity contribution is 0.288. The van der Waals surface area contributed by atoms with Crippen LogP contribution in [0.3, 0.4) is 0 Å². The van der Waals surface area contributed by atoms with Crippen LogP contribution in [0.5, 0.6) is 5.88 Å². The van der Waals surface area contributed by atoms with E-state index >= 15 is 0 Å². The molecule has 1 fully saturated rings. The fourth-order valence-electron chi connectivity index (χ4n) is 1.16. The zero-order valence-corrected chi connectivity index (χ0v) is 8.26. The van der Waals surface area contributed by atoms with Crippen LogP contribution < -0.4 is 10.5 Å². The van der Waals surface area contributed by atoms with Gasteiger partial charge in [-0.15, -0.1) is 0 Å². The third-order valence-corrected chi connectivity index (χ3v) is 2.30. The van der Waals surface area contributed by atoms with Crippen molar-refractivity contribution < 1.29 is 9.94 Å². The molecule has 0 aliphatic heterocycles. The molecule has 0 spiro atoms. The third-order valence-electron chi connectivity index (χ3n) is 2.30. The van der Waals surface area contributed by atoms with Crippen LogP contribution in [-0.2, 0) is 0 Å². The summed E-state index contributed by atoms with van der Waals surface area (Å²) in [5, 5.41) is 11.3. The molecule has 0 saturated heterocycles. The lowest BCUT2D eigenvalue weighted by Gasteiger charge is -2.04. The fourth-order valence-corrected chi connectivity index (χ4v) is 1.16. The van der Waals surface area contributed by atoms with Gasteiger partial charge in [-0.1, -0.05) is 5.16 Å². The summed E-state index contributed by atoms with van der Waals surface area (Å²) >= 11 is 0. The van der Waals surface area contributed by atoms with Crippen molar-refractivity contribution in [3.63, 3.8) is 0 Å². The molecule has 0 bridgehead atoms. The summed E-state index contributed by atoms with van der Waals surface area (Å²) in [5.74, 6) is 1.34. The second-order valence-electron chi connectivity index (χ2n) is 3.62. The van der Waals surface area contributed by atoms with Crippen LogP contribution in [-0.4, -0.2) is 22.6 Å². The lowest BCUT2D eigenvalue weighted by atomic mass is 10.3. The van der Waals surface area contributed by atoms with Gasteiger partial charge in [0.1, 0.15) is 0 Å². The first-order valence-electron chi connectivity index (χ1n) is 4.86. The Morgan fingerprint density at radius 3 is 2.93 bits per heavy atom. The molecule has 0 aromatic carbocycles. The number of ether oxygens (including phenoxy) is 1. The molecule has 1 saturated carbocycles. The van der Waals surface area contributed by atoms with E-state index < -0.39 is 0 Å². The predicted molar refractivity (Wildman–Crippen MR) is 55.0 cm³/mol. The maximum Gasteiger partial charge on any atom is 0.213 e. The molecule has 5 heteroatoms. The fraction of sp³-hybridized carbons (Fsp3) is 0.400. The van der Waals surface area contributed by atoms with Crippen molar-refractivity contribution in [3.8, 4) is 5.88 Å². The van der Waals surface area contributed by atoms with Gasteiger partial charge >= 0.3 is 0 Å². The van der Waals surface area contributed by atoms with Gasteiger partial charge in [0.25, 0.3) is 0 Å². The van der Waals surface area contributed by atoms with Gasteiger partial charge in [0.05, 0.1) is 6.61 Å². The molecule has 15 heavy (non-hydrogen) atoms. The van der Waals surface area contributed by atoms with Crippen molar-refractivity contribution in [1.29, 1.82) is 0 Å². The van der Waals surface area contributed by atoms with E-state index in [4.69, 9.17) is 15.7 Å². The summed E-state index contributed by atoms with van der Waals surface area (Å²) in [6, 6.07) is 3.43. The predicted octanol–water partition coefficient (Wildman–Crippen LogP) is 0.965. The van der Waals surface area contributed by atoms with Crippen LogP contribution in [0.4, 0.5) is 0 Å². The van der Waals surface area contributed by atoms with Gasteiger partial charge in [-0.05, 0) is 24.8 Å². The molecule has 0 unspecified atom stereocenters. The zero-order valence-electron chi connectivity index (χ0n) is 8.26. The van der Waals surface area contributed by atoms with Crippen molar-refractivity contribution in [2.75, 3.05) is 6.61 Å². The summed E-state index contributed by atoms with van der Waals surface area (Å²) in [5.41, 5.74) is 5.98. The molecule has 0 radical (unpaired) electrons. The molecule has 1 aliphatic carbocycles. The van der Waals surface area contributed by atoms with Gasteiger partial charge in [0.2, 0.25) is 5.88 Å². The summed E-state index contributed by atoms with van der Waals surface area (Å²) in [6.45, 7) is 0.732. The number of nitrogens with two attached hydrogens (primary N) is 1. The van der Waals surface area contributed by atoms with Crippen LogP contribution >= 0.6 is 0 Å². The van der Waals surface area contributed by atoms with E-state index in [-0.39, 0.29) is 5.84 Å². The molecule has 0 atom stereocenters. The second kappa shape index (κ2) is 4.16. The highest BCUT2D eigenvalue weighted by Crippen LogP contribution is 2.29. The molecular weight excluding hydrogens is 194 g/mol. The molecular formula is C10H13N3O2. The van der Waals surface area contributed by atoms with E-state index in [1.54, 1.807) is 12.1 Å². The van der Waals surface area contributed by atoms with Gasteiger partial charge in [-0.3, -0.25) is 0 Å². The van der Waals surface area contributed by atoms with E-state index in [9.17, 15) is 0 Å². The summed E-state index contributed by atoms with van der Waals surface area (Å²) in [4.78, 5) is 4.05. The molecule has 1 aromatic heterocycles. The van der Waals surface area contributed by atoms with Crippen LogP contribution in [0.25, 0.3) is 0 Å². The van der Waals surface area contributed by atoms with Crippen LogP contribution in [0.2, 0.25) is 0 Å². The smallest absolute Gasteiger partial charge is 0.213 e. The number of hydrogen-bond acceptors (Lipinski definition) is 4. The first kappa shape index (κ1) is 9.76. The second-order valence-corrected chi connectivity index (χ2v) is 3.62. The molecule has 1 heterocycles. The number of nitrogens with zero attached hydrogens (tertiary/aromatic N) is 2. The minimum atomic E-state index is 0.0521. The number of amidine groups is 1. The summed E-state index contributed by atoms with van der Waals surface area (Å²) in [7, 11) is 0. The summed E-state index contributed by atoms with van der Waals surface area (Å²) < 4.78 is 5.44. The van der Waals surface area contributed by atoms with Crippen LogP contribution in [0.15, 0.2) is 23.5 Å². The first-order valence-corrected chi connectivity index (χ1v) is 4.86. The van der Waals surface area contributed by atoms with Crippen molar-refractivity contribution in [1.82, 2.24) is 4.98 Å². The maximum atomic E-state index is 8.45. The Morgan fingerprint density at radius 1 is 1.60 bits per heavy atom. The Hall–Kier alpha value is -1.78. The maximum absolute atomic E-state index is 8.45. The first-order chi connectivity index (χ1) is 7.29. The summed E-state index contributed by atoms with van der Waals surface area (Å²) in [6.07, 6.45) is 4.03. The standard InChI is InChI=1S/C10H13N3O2/c11-10(13-14)8-3-4-9(12-5-8)15-6-7-1-2-7/h3-5,7,14H,1-2,6H2,(H2,11,13). The Kier molecular flexibility index (Phi) is 2.71. The molecule has 1 aliphatic rings. The van der Waals surface area contributed by atoms with Gasteiger partial charge in [0, 0.05) is 17.8 Å². The quantitative estimate of drug-likeness (QED) is 0.333. The van der Waals surface area contributed by atoms with E-state index in [2.05, 4.69) is 10.1 Å². The van der Waals surface area contributed by atoms with Gasteiger partial charge < -0.3 is 15.7 Å². The number of aromatic nitrogens is 1. The van der Waals surface area contributed by atoms with E-state index in [0.717, 1.165) is 6.61 Å². The largest absolute Gasteiger partial charge is 0.477 e. The van der Waals surface area contributed by atoms with Crippen LogP contribution in [0.1, 0.15) is 18.4 Å². The Morgan fingerprint density at radius 2 is 2.40 bits per heavy atom. The number of oxime groups is 1. The molecule has 0 amide bonds. The molecule has 2 rings (SSSR count). The molecule has 1 aromatic rings. The molecule has 5 nitrogen and oxygen atoms in total. The molecule has 3 N–H and O–H groups in total. The van der Waals surface area contributed by atoms with Gasteiger partial charge in [-0.25, -0.2) is 4.98 Å². The minimum Gasteiger partial charge on any atom is -0.477 e. The highest BCUT2D eigenvalue weighted by molar-refractivity contribution is 5.96. The highest BCUT2D eigenvalue weighted by Gasteiger charge is 2.22. The Bertz CT molecular complexity index is 357. The number of rotatable bonds is 4. The Labute approximate surface area is 87.6 Å². The normalized spacial score (nSPS) is 16.4. The third kappa shape index (κ3) is 2.59. The minimum absolute atomic E-state index is 0.0521. The van der Waals surface area contributed by atoms with E-state index in [1.807, 2.05) is 0 Å². The van der Waals surface area contributed by atoms with Crippen molar-refractivity contribution in [3.05, 3.63) is 23.9 Å². The van der Waals surface area contributed by atoms with Crippen molar-refractivity contribution in [2.24, 2.45) is 16.8 Å². The van der Waals surface area contributed by atoms with E-state index in [1.165, 1.54) is 19.0 Å². The monoisotopic (exact) mass is 207 g/mol. The average molecular weight is 207 g/mol. The molecule has 80 valence electrons. The Balaban J connectivity index is 1.96. The number of hydrogen-bond donors (Lipinski definition) is 2. The lowest BCUT2D eigenvalue weighted by Crippen LogP contribution is -2.13. The topological polar surface area (TPSA) is 80.7 Å². The van der Waals surface area contributed by atoms with E-state index in [0.29, 0.717) is 17.4 Å². The van der Waals surface area contributed by atoms with Crippen LogP contribution in [0, 0.1) is 5.92 Å². The van der Waals surface area contributed by atoms with Gasteiger partial charge in [-0.2, -0.15) is 0 Å². The highest BCUT2D eigenvalue weighted by atomic mass is 16.5. The van der Waals surface area contributed by atoms with Crippen molar-refractivity contribution in [2.45, 2.75) is 12.8 Å². The number of pyridine rings is 1.